The van der Waals surface area contributed by atoms with Crippen molar-refractivity contribution in [1.29, 1.82) is 0 Å². The lowest BCUT2D eigenvalue weighted by Crippen LogP contribution is -2.51. The number of piperazine rings is 1. The van der Waals surface area contributed by atoms with E-state index in [1.165, 1.54) is 12.8 Å². The van der Waals surface area contributed by atoms with Crippen LogP contribution in [0.2, 0.25) is 10.0 Å². The number of benzene rings is 1. The van der Waals surface area contributed by atoms with E-state index < -0.39 is 0 Å². The second-order valence-corrected chi connectivity index (χ2v) is 7.37. The van der Waals surface area contributed by atoms with Gasteiger partial charge in [0.05, 0.1) is 10.0 Å². The maximum absolute atomic E-state index is 12.4. The van der Waals surface area contributed by atoms with Crippen LogP contribution in [0, 0.1) is 5.92 Å². The summed E-state index contributed by atoms with van der Waals surface area (Å²) < 4.78 is 0. The molecule has 1 aromatic carbocycles. The fraction of sp³-hybridized carbons (Fsp3) is 0.588. The zero-order valence-corrected chi connectivity index (χ0v) is 16.5. The molecule has 0 saturated carbocycles. The number of amides is 2. The summed E-state index contributed by atoms with van der Waals surface area (Å²) in [5, 5.41) is 7.29. The van der Waals surface area contributed by atoms with Gasteiger partial charge in [-0.3, -0.25) is 4.90 Å². The molecule has 0 radical (unpaired) electrons. The molecule has 2 amide bonds. The molecule has 3 rings (SSSR count). The summed E-state index contributed by atoms with van der Waals surface area (Å²) in [6.07, 6.45) is 2.59. The van der Waals surface area contributed by atoms with E-state index in [1.807, 2.05) is 4.90 Å². The number of piperidine rings is 1. The quantitative estimate of drug-likeness (QED) is 0.805. The van der Waals surface area contributed by atoms with Crippen molar-refractivity contribution in [2.45, 2.75) is 12.8 Å². The fourth-order valence-electron chi connectivity index (χ4n) is 3.35. The van der Waals surface area contributed by atoms with Gasteiger partial charge >= 0.3 is 6.03 Å². The first-order valence-electron chi connectivity index (χ1n) is 8.56. The molecule has 0 aromatic heterocycles. The highest BCUT2D eigenvalue weighted by Crippen LogP contribution is 2.25. The first-order valence-corrected chi connectivity index (χ1v) is 9.31. The minimum Gasteiger partial charge on any atom is -0.322 e. The van der Waals surface area contributed by atoms with Gasteiger partial charge in [-0.05, 0) is 50.0 Å². The normalized spacial score (nSPS) is 21.5. The number of nitrogens with zero attached hydrogens (tertiary/aromatic N) is 2. The van der Waals surface area contributed by atoms with Gasteiger partial charge in [0.2, 0.25) is 0 Å². The summed E-state index contributed by atoms with van der Waals surface area (Å²) in [7, 11) is 0. The zero-order chi connectivity index (χ0) is 16.9. The van der Waals surface area contributed by atoms with E-state index in [9.17, 15) is 4.79 Å². The van der Waals surface area contributed by atoms with Crippen LogP contribution in [0.25, 0.3) is 0 Å². The van der Waals surface area contributed by atoms with Crippen LogP contribution in [0.15, 0.2) is 18.2 Å². The minimum atomic E-state index is -0.0765. The smallest absolute Gasteiger partial charge is 0.321 e. The highest BCUT2D eigenvalue weighted by atomic mass is 35.5. The predicted molar refractivity (Wildman–Crippen MR) is 106 cm³/mol. The van der Waals surface area contributed by atoms with Crippen LogP contribution in [0.5, 0.6) is 0 Å². The number of hydrogen-bond acceptors (Lipinski definition) is 3. The van der Waals surface area contributed by atoms with E-state index in [-0.39, 0.29) is 18.4 Å². The van der Waals surface area contributed by atoms with E-state index in [4.69, 9.17) is 23.2 Å². The maximum atomic E-state index is 12.4. The molecule has 2 saturated heterocycles. The molecular formula is C17H25Cl3N4O. The second kappa shape index (κ2) is 9.83. The molecule has 2 N–H and O–H groups in total. The SMILES string of the molecule is Cl.O=C(Nc1ccc(Cl)c(Cl)c1)N1CCN(C[C@@H]2CCCNC2)CC1. The van der Waals surface area contributed by atoms with Crippen molar-refractivity contribution in [3.63, 3.8) is 0 Å². The molecule has 25 heavy (non-hydrogen) atoms. The summed E-state index contributed by atoms with van der Waals surface area (Å²) in [6, 6.07) is 5.05. The Bertz CT molecular complexity index is 573. The number of carbonyl (C=O) groups excluding carboxylic acids is 1. The zero-order valence-electron chi connectivity index (χ0n) is 14.1. The molecule has 8 heteroatoms. The molecule has 5 nitrogen and oxygen atoms in total. The Hall–Kier alpha value is -0.720. The van der Waals surface area contributed by atoms with E-state index in [1.54, 1.807) is 18.2 Å². The van der Waals surface area contributed by atoms with Crippen LogP contribution in [0.4, 0.5) is 10.5 Å². The molecule has 0 bridgehead atoms. The van der Waals surface area contributed by atoms with Gasteiger partial charge in [0.1, 0.15) is 0 Å². The fourth-order valence-corrected chi connectivity index (χ4v) is 3.65. The van der Waals surface area contributed by atoms with Crippen molar-refractivity contribution in [3.05, 3.63) is 28.2 Å². The minimum absolute atomic E-state index is 0. The van der Waals surface area contributed by atoms with Crippen molar-refractivity contribution in [2.24, 2.45) is 5.92 Å². The Balaban J connectivity index is 0.00000225. The standard InChI is InChI=1S/C17H24Cl2N4O.ClH/c18-15-4-3-14(10-16(15)19)21-17(24)23-8-6-22(7-9-23)12-13-2-1-5-20-11-13;/h3-4,10,13,20H,1-2,5-9,11-12H2,(H,21,24);1H/t13-;/m1./s1. The molecule has 1 aromatic rings. The van der Waals surface area contributed by atoms with Gasteiger partial charge in [0, 0.05) is 38.4 Å². The summed E-state index contributed by atoms with van der Waals surface area (Å²) in [5.41, 5.74) is 0.671. The number of hydrogen-bond donors (Lipinski definition) is 2. The molecule has 1 atom stereocenters. The number of anilines is 1. The first kappa shape index (κ1) is 20.6. The Morgan fingerprint density at radius 1 is 1.20 bits per heavy atom. The van der Waals surface area contributed by atoms with Crippen LogP contribution in [0.1, 0.15) is 12.8 Å². The van der Waals surface area contributed by atoms with Crippen molar-refractivity contribution in [3.8, 4) is 0 Å². The number of urea groups is 1. The molecule has 0 spiro atoms. The van der Waals surface area contributed by atoms with Gasteiger partial charge in [-0.1, -0.05) is 23.2 Å². The van der Waals surface area contributed by atoms with Gasteiger partial charge < -0.3 is 15.5 Å². The summed E-state index contributed by atoms with van der Waals surface area (Å²) in [5.74, 6) is 0.746. The lowest BCUT2D eigenvalue weighted by molar-refractivity contribution is 0.128. The third kappa shape index (κ3) is 5.90. The van der Waals surface area contributed by atoms with Crippen molar-refractivity contribution < 1.29 is 4.79 Å². The molecule has 2 fully saturated rings. The van der Waals surface area contributed by atoms with Crippen LogP contribution >= 0.6 is 35.6 Å². The van der Waals surface area contributed by atoms with Gasteiger partial charge in [-0.15, -0.1) is 12.4 Å². The van der Waals surface area contributed by atoms with Crippen molar-refractivity contribution in [1.82, 2.24) is 15.1 Å². The van der Waals surface area contributed by atoms with Crippen LogP contribution in [-0.2, 0) is 0 Å². The number of carbonyl (C=O) groups is 1. The average Bonchev–Trinajstić information content (AvgIpc) is 2.60. The molecule has 2 aliphatic rings. The number of rotatable bonds is 3. The molecule has 0 aliphatic carbocycles. The van der Waals surface area contributed by atoms with Crippen molar-refractivity contribution in [2.75, 3.05) is 51.1 Å². The monoisotopic (exact) mass is 406 g/mol. The van der Waals surface area contributed by atoms with E-state index in [2.05, 4.69) is 15.5 Å². The Labute approximate surface area is 165 Å². The topological polar surface area (TPSA) is 47.6 Å². The largest absolute Gasteiger partial charge is 0.322 e. The molecular weight excluding hydrogens is 383 g/mol. The number of nitrogens with one attached hydrogen (secondary N) is 2. The molecule has 2 heterocycles. The maximum Gasteiger partial charge on any atom is 0.321 e. The van der Waals surface area contributed by atoms with Crippen LogP contribution in [-0.4, -0.2) is 61.6 Å². The predicted octanol–water partition coefficient (Wildman–Crippen LogP) is 3.56. The van der Waals surface area contributed by atoms with E-state index in [0.717, 1.165) is 51.7 Å². The van der Waals surface area contributed by atoms with Gasteiger partial charge in [-0.25, -0.2) is 4.79 Å². The Kier molecular flexibility index (Phi) is 8.10. The third-order valence-electron chi connectivity index (χ3n) is 4.75. The van der Waals surface area contributed by atoms with Gasteiger partial charge in [0.25, 0.3) is 0 Å². The van der Waals surface area contributed by atoms with Crippen LogP contribution in [0.3, 0.4) is 0 Å². The lowest BCUT2D eigenvalue weighted by atomic mass is 9.99. The highest BCUT2D eigenvalue weighted by molar-refractivity contribution is 6.42. The van der Waals surface area contributed by atoms with Crippen LogP contribution < -0.4 is 10.6 Å². The summed E-state index contributed by atoms with van der Waals surface area (Å²) >= 11 is 11.9. The molecule has 0 unspecified atom stereocenters. The molecule has 2 aliphatic heterocycles. The number of halogens is 3. The van der Waals surface area contributed by atoms with Crippen molar-refractivity contribution >= 4 is 47.3 Å². The van der Waals surface area contributed by atoms with E-state index >= 15 is 0 Å². The third-order valence-corrected chi connectivity index (χ3v) is 5.48. The molecule has 140 valence electrons. The van der Waals surface area contributed by atoms with E-state index in [0.29, 0.717) is 15.7 Å². The average molecular weight is 408 g/mol. The van der Waals surface area contributed by atoms with Gasteiger partial charge in [-0.2, -0.15) is 0 Å². The first-order chi connectivity index (χ1) is 11.6. The lowest BCUT2D eigenvalue weighted by Gasteiger charge is -2.37. The second-order valence-electron chi connectivity index (χ2n) is 6.56. The highest BCUT2D eigenvalue weighted by Gasteiger charge is 2.24. The Morgan fingerprint density at radius 2 is 1.96 bits per heavy atom. The van der Waals surface area contributed by atoms with Gasteiger partial charge in [0.15, 0.2) is 0 Å². The summed E-state index contributed by atoms with van der Waals surface area (Å²) in [4.78, 5) is 16.7. The Morgan fingerprint density at radius 3 is 2.60 bits per heavy atom. The summed E-state index contributed by atoms with van der Waals surface area (Å²) in [6.45, 7) is 6.80.